The summed E-state index contributed by atoms with van der Waals surface area (Å²) >= 11 is 0. The second-order valence-corrected chi connectivity index (χ2v) is 29.3. The number of para-hydroxylation sites is 2. The number of nitrogens with zero attached hydrogens (tertiary/aromatic N) is 2. The smallest absolute Gasteiger partial charge is 0.247 e. The molecule has 2 aliphatic heterocycles. The van der Waals surface area contributed by atoms with Crippen LogP contribution >= 0.6 is 0 Å². The molecule has 0 aliphatic carbocycles. The number of aromatic nitrogens is 2. The number of hydrogen-bond acceptors (Lipinski definition) is 0. The fourth-order valence-electron chi connectivity index (χ4n) is 14.9. The maximum atomic E-state index is 2.71. The zero-order valence-electron chi connectivity index (χ0n) is 53.5. The lowest BCUT2D eigenvalue weighted by Gasteiger charge is -2.36. The van der Waals surface area contributed by atoms with E-state index in [2.05, 4.69) is 291 Å². The monoisotopic (exact) mass is 1100 g/mol. The molecule has 0 bridgehead atoms. The highest BCUT2D eigenvalue weighted by atomic mass is 15.0. The van der Waals surface area contributed by atoms with E-state index in [1.54, 1.807) is 0 Å². The number of hydrogen-bond donors (Lipinski definition) is 0. The van der Waals surface area contributed by atoms with E-state index in [-0.39, 0.29) is 24.3 Å². The minimum absolute atomic E-state index is 0.0235. The van der Waals surface area contributed by atoms with Crippen molar-refractivity contribution >= 4 is 89.8 Å². The van der Waals surface area contributed by atoms with E-state index < -0.39 is 0 Å². The Hall–Kier alpha value is -7.29. The minimum Gasteiger partial charge on any atom is -0.310 e. The van der Waals surface area contributed by atoms with Gasteiger partial charge in [0.2, 0.25) is 13.4 Å². The molecular formula is C80H86B2N2. The topological polar surface area (TPSA) is 9.86 Å². The molecule has 2 nitrogen and oxygen atoms in total. The molecule has 2 aromatic heterocycles. The van der Waals surface area contributed by atoms with Crippen LogP contribution in [0.3, 0.4) is 0 Å². The van der Waals surface area contributed by atoms with Crippen LogP contribution in [0.2, 0.25) is 0 Å². The normalized spacial score (nSPS) is 13.5. The van der Waals surface area contributed by atoms with Gasteiger partial charge in [-0.3, -0.25) is 0 Å². The average molecular weight is 1100 g/mol. The summed E-state index contributed by atoms with van der Waals surface area (Å²) < 4.78 is 5.41. The van der Waals surface area contributed by atoms with E-state index >= 15 is 0 Å². The fraction of sp³-hybridized carbons (Fsp3) is 0.325. The molecule has 0 atom stereocenters. The Morgan fingerprint density at radius 2 is 0.631 bits per heavy atom. The molecule has 0 fully saturated rings. The number of benzene rings is 9. The predicted molar refractivity (Wildman–Crippen MR) is 370 cm³/mol. The van der Waals surface area contributed by atoms with Gasteiger partial charge in [0.25, 0.3) is 0 Å². The zero-order valence-corrected chi connectivity index (χ0v) is 53.5. The first kappa shape index (κ1) is 55.9. The maximum absolute atomic E-state index is 2.71. The summed E-state index contributed by atoms with van der Waals surface area (Å²) in [4.78, 5) is 0. The van der Waals surface area contributed by atoms with Gasteiger partial charge in [-0.05, 0) is 171 Å². The van der Waals surface area contributed by atoms with Gasteiger partial charge in [0.15, 0.2) is 0 Å². The van der Waals surface area contributed by atoms with Crippen molar-refractivity contribution in [2.75, 3.05) is 0 Å². The van der Waals surface area contributed by atoms with Crippen molar-refractivity contribution in [2.45, 2.75) is 171 Å². The standard InChI is InChI=1S/C80H86B2N2/c1-45(2)55-39-61(47(5)6)75(62(40-55)48(7)8)81-67-23-19-21-59-65-37-53(51-25-31-57(32-26-51)79(13,14)15)29-35-71(65)83(77(59)67)73-44-70-74(43-69(73)81)84-72-36-30-54(52-27-33-58(34-28-52)80(16,17)18)38-66(72)60-22-20-24-68(78(60)84)82(70)76-63(49(9)10)41-56(46(3)4)42-64(76)50(11)12/h19-50H,1-18H3. The molecule has 422 valence electrons. The van der Waals surface area contributed by atoms with Gasteiger partial charge >= 0.3 is 0 Å². The Bertz CT molecular complexity index is 4100. The van der Waals surface area contributed by atoms with Gasteiger partial charge in [-0.15, -0.1) is 0 Å². The van der Waals surface area contributed by atoms with E-state index in [1.807, 2.05) is 0 Å². The Balaban J connectivity index is 1.18. The molecule has 0 N–H and O–H groups in total. The van der Waals surface area contributed by atoms with E-state index in [0.717, 1.165) is 0 Å². The van der Waals surface area contributed by atoms with Crippen molar-refractivity contribution in [3.05, 3.63) is 202 Å². The third-order valence-electron chi connectivity index (χ3n) is 19.6. The van der Waals surface area contributed by atoms with Crippen molar-refractivity contribution in [2.24, 2.45) is 0 Å². The lowest BCUT2D eigenvalue weighted by molar-refractivity contribution is 0.590. The molecule has 0 amide bonds. The fourth-order valence-corrected chi connectivity index (χ4v) is 14.9. The van der Waals surface area contributed by atoms with Crippen LogP contribution in [0.25, 0.3) is 77.2 Å². The molecule has 11 aromatic rings. The highest BCUT2D eigenvalue weighted by Gasteiger charge is 2.43. The van der Waals surface area contributed by atoms with Crippen molar-refractivity contribution < 1.29 is 0 Å². The molecule has 0 unspecified atom stereocenters. The van der Waals surface area contributed by atoms with E-state index in [9.17, 15) is 0 Å². The molecule has 4 heterocycles. The van der Waals surface area contributed by atoms with E-state index in [4.69, 9.17) is 0 Å². The first-order valence-electron chi connectivity index (χ1n) is 31.8. The molecule has 0 radical (unpaired) electrons. The molecular weight excluding hydrogens is 1010 g/mol. The Morgan fingerprint density at radius 1 is 0.310 bits per heavy atom. The van der Waals surface area contributed by atoms with Crippen LogP contribution in [-0.2, 0) is 10.8 Å². The molecule has 2 aliphatic rings. The highest BCUT2D eigenvalue weighted by Crippen LogP contribution is 2.42. The lowest BCUT2D eigenvalue weighted by atomic mass is 9.31. The maximum Gasteiger partial charge on any atom is 0.247 e. The van der Waals surface area contributed by atoms with Crippen molar-refractivity contribution in [1.82, 2.24) is 9.13 Å². The molecule has 13 rings (SSSR count). The van der Waals surface area contributed by atoms with Gasteiger partial charge in [-0.2, -0.15) is 0 Å². The average Bonchev–Trinajstić information content (AvgIpc) is 1.42. The first-order valence-corrected chi connectivity index (χ1v) is 31.8. The van der Waals surface area contributed by atoms with E-state index in [1.165, 1.54) is 155 Å². The summed E-state index contributed by atoms with van der Waals surface area (Å²) in [6.07, 6.45) is 0. The van der Waals surface area contributed by atoms with Gasteiger partial charge in [-0.1, -0.05) is 257 Å². The third kappa shape index (κ3) is 8.80. The van der Waals surface area contributed by atoms with Crippen LogP contribution < -0.4 is 32.8 Å². The summed E-state index contributed by atoms with van der Waals surface area (Å²) in [6, 6.07) is 63.6. The van der Waals surface area contributed by atoms with Crippen LogP contribution in [0.4, 0.5) is 0 Å². The van der Waals surface area contributed by atoms with Crippen molar-refractivity contribution in [3.63, 3.8) is 0 Å². The summed E-state index contributed by atoms with van der Waals surface area (Å²) in [5, 5.41) is 5.23. The summed E-state index contributed by atoms with van der Waals surface area (Å²) in [5.41, 5.74) is 32.9. The lowest BCUT2D eigenvalue weighted by Crippen LogP contribution is -2.61. The highest BCUT2D eigenvalue weighted by molar-refractivity contribution is 7.00. The van der Waals surface area contributed by atoms with Gasteiger partial charge in [0.1, 0.15) is 0 Å². The van der Waals surface area contributed by atoms with Crippen molar-refractivity contribution in [3.8, 4) is 33.6 Å². The largest absolute Gasteiger partial charge is 0.310 e. The SMILES string of the molecule is CC(C)c1cc(C(C)C)c(B2c3cc4c(cc3-n3c5ccc(-c6ccc(C(C)(C)C)cc6)cc5c5cccc2c53)B(c2c(C(C)C)cc(C(C)C)cc2C(C)C)c2cccc3c5cc(-c6ccc(C(C)(C)C)cc6)ccc5n-4c23)c(C(C)C)c1. The Kier molecular flexibility index (Phi) is 13.4. The van der Waals surface area contributed by atoms with Gasteiger partial charge in [-0.25, -0.2) is 0 Å². The molecule has 9 aromatic carbocycles. The van der Waals surface area contributed by atoms with E-state index in [0.29, 0.717) is 35.5 Å². The van der Waals surface area contributed by atoms with Crippen LogP contribution in [0.15, 0.2) is 158 Å². The molecule has 0 saturated carbocycles. The number of fused-ring (bicyclic) bond motifs is 10. The Morgan fingerprint density at radius 3 is 0.929 bits per heavy atom. The van der Waals surface area contributed by atoms with Gasteiger partial charge in [0.05, 0.1) is 11.0 Å². The third-order valence-corrected chi connectivity index (χ3v) is 19.6. The Labute approximate surface area is 502 Å². The quantitative estimate of drug-likeness (QED) is 0.121. The summed E-state index contributed by atoms with van der Waals surface area (Å²) in [5.74, 6) is 2.09. The van der Waals surface area contributed by atoms with Crippen LogP contribution in [-0.4, -0.2) is 22.6 Å². The number of rotatable bonds is 10. The van der Waals surface area contributed by atoms with Gasteiger partial charge in [0, 0.05) is 44.0 Å². The predicted octanol–water partition coefficient (Wildman–Crippen LogP) is 18.2. The summed E-state index contributed by atoms with van der Waals surface area (Å²) in [7, 11) is 0. The second-order valence-electron chi connectivity index (χ2n) is 29.3. The summed E-state index contributed by atoms with van der Waals surface area (Å²) in [6.45, 7) is 42.7. The second kappa shape index (κ2) is 20.2. The molecule has 84 heavy (non-hydrogen) atoms. The molecule has 0 saturated heterocycles. The first-order chi connectivity index (χ1) is 39.9. The minimum atomic E-state index is -0.0235. The van der Waals surface area contributed by atoms with Crippen molar-refractivity contribution in [1.29, 1.82) is 0 Å². The molecule has 0 spiro atoms. The zero-order chi connectivity index (χ0) is 59.3. The molecule has 4 heteroatoms. The van der Waals surface area contributed by atoms with Crippen LogP contribution in [0.1, 0.15) is 205 Å². The van der Waals surface area contributed by atoms with Gasteiger partial charge < -0.3 is 9.13 Å². The van der Waals surface area contributed by atoms with Crippen LogP contribution in [0, 0.1) is 0 Å². The van der Waals surface area contributed by atoms with Crippen LogP contribution in [0.5, 0.6) is 0 Å².